The number of aromatic nitrogens is 1. The molecular weight excluding hydrogens is 304 g/mol. The van der Waals surface area contributed by atoms with Crippen LogP contribution in [0.15, 0.2) is 48.7 Å². The van der Waals surface area contributed by atoms with Gasteiger partial charge in [0.1, 0.15) is 0 Å². The summed E-state index contributed by atoms with van der Waals surface area (Å²) in [5.41, 5.74) is 2.20. The SMILES string of the molecule is O=C(CNC(=O)Nc1cccnc1-c1ccccc1)NCC1CC1. The standard InChI is InChI=1S/C18H20N4O2/c23-16(20-11-13-8-9-13)12-21-18(24)22-15-7-4-10-19-17(15)14-5-2-1-3-6-14/h1-7,10,13H,8-9,11-12H2,(H,20,23)(H2,21,22,24). The van der Waals surface area contributed by atoms with E-state index in [1.165, 1.54) is 12.8 Å². The summed E-state index contributed by atoms with van der Waals surface area (Å²) >= 11 is 0. The highest BCUT2D eigenvalue weighted by atomic mass is 16.2. The molecule has 124 valence electrons. The van der Waals surface area contributed by atoms with Gasteiger partial charge in [-0.05, 0) is 30.9 Å². The third kappa shape index (κ3) is 4.55. The molecule has 0 radical (unpaired) electrons. The molecule has 0 spiro atoms. The van der Waals surface area contributed by atoms with Crippen LogP contribution in [0.3, 0.4) is 0 Å². The highest BCUT2D eigenvalue weighted by Crippen LogP contribution is 2.27. The Kier molecular flexibility index (Phi) is 5.05. The molecule has 1 aliphatic carbocycles. The Morgan fingerprint density at radius 3 is 2.58 bits per heavy atom. The van der Waals surface area contributed by atoms with E-state index in [2.05, 4.69) is 20.9 Å². The zero-order valence-electron chi connectivity index (χ0n) is 13.3. The lowest BCUT2D eigenvalue weighted by molar-refractivity contribution is -0.120. The molecule has 1 saturated carbocycles. The summed E-state index contributed by atoms with van der Waals surface area (Å²) in [6.07, 6.45) is 4.03. The molecule has 3 rings (SSSR count). The van der Waals surface area contributed by atoms with Gasteiger partial charge in [0, 0.05) is 18.3 Å². The van der Waals surface area contributed by atoms with Gasteiger partial charge < -0.3 is 16.0 Å². The van der Waals surface area contributed by atoms with Crippen LogP contribution in [0.1, 0.15) is 12.8 Å². The van der Waals surface area contributed by atoms with Crippen molar-refractivity contribution >= 4 is 17.6 Å². The lowest BCUT2D eigenvalue weighted by Crippen LogP contribution is -2.39. The number of nitrogens with zero attached hydrogens (tertiary/aromatic N) is 1. The molecule has 24 heavy (non-hydrogen) atoms. The van der Waals surface area contributed by atoms with Crippen molar-refractivity contribution in [2.45, 2.75) is 12.8 Å². The molecule has 6 heteroatoms. The van der Waals surface area contributed by atoms with E-state index in [9.17, 15) is 9.59 Å². The minimum atomic E-state index is -0.429. The average Bonchev–Trinajstić information content (AvgIpc) is 3.44. The van der Waals surface area contributed by atoms with Crippen molar-refractivity contribution in [3.05, 3.63) is 48.7 Å². The minimum absolute atomic E-state index is 0.0422. The highest BCUT2D eigenvalue weighted by Gasteiger charge is 2.21. The first-order valence-corrected chi connectivity index (χ1v) is 8.04. The average molecular weight is 324 g/mol. The summed E-state index contributed by atoms with van der Waals surface area (Å²) < 4.78 is 0. The lowest BCUT2D eigenvalue weighted by atomic mass is 10.1. The van der Waals surface area contributed by atoms with Gasteiger partial charge >= 0.3 is 6.03 Å². The number of pyridine rings is 1. The Morgan fingerprint density at radius 2 is 1.83 bits per heavy atom. The van der Waals surface area contributed by atoms with Crippen molar-refractivity contribution in [3.63, 3.8) is 0 Å². The molecular formula is C18H20N4O2. The predicted molar refractivity (Wildman–Crippen MR) is 92.4 cm³/mol. The summed E-state index contributed by atoms with van der Waals surface area (Å²) in [6.45, 7) is 0.655. The lowest BCUT2D eigenvalue weighted by Gasteiger charge is -2.11. The largest absolute Gasteiger partial charge is 0.354 e. The number of anilines is 1. The molecule has 0 saturated heterocycles. The van der Waals surface area contributed by atoms with E-state index in [0.29, 0.717) is 23.8 Å². The summed E-state index contributed by atoms with van der Waals surface area (Å²) in [7, 11) is 0. The fourth-order valence-electron chi connectivity index (χ4n) is 2.30. The number of urea groups is 1. The van der Waals surface area contributed by atoms with Gasteiger partial charge in [-0.15, -0.1) is 0 Å². The van der Waals surface area contributed by atoms with Crippen LogP contribution < -0.4 is 16.0 Å². The maximum Gasteiger partial charge on any atom is 0.319 e. The van der Waals surface area contributed by atoms with Crippen LogP contribution in [0.25, 0.3) is 11.3 Å². The second-order valence-electron chi connectivity index (χ2n) is 5.82. The molecule has 1 aliphatic rings. The normalized spacial score (nSPS) is 13.2. The van der Waals surface area contributed by atoms with E-state index in [1.54, 1.807) is 18.3 Å². The number of carbonyl (C=O) groups excluding carboxylic acids is 2. The molecule has 3 amide bonds. The molecule has 1 aromatic heterocycles. The summed E-state index contributed by atoms with van der Waals surface area (Å²) in [6, 6.07) is 12.7. The van der Waals surface area contributed by atoms with Crippen molar-refractivity contribution in [2.24, 2.45) is 5.92 Å². The Labute approximate surface area is 140 Å². The number of hydrogen-bond donors (Lipinski definition) is 3. The molecule has 6 nitrogen and oxygen atoms in total. The van der Waals surface area contributed by atoms with E-state index < -0.39 is 6.03 Å². The van der Waals surface area contributed by atoms with Gasteiger partial charge in [0.15, 0.2) is 0 Å². The van der Waals surface area contributed by atoms with Crippen molar-refractivity contribution in [3.8, 4) is 11.3 Å². The van der Waals surface area contributed by atoms with Crippen LogP contribution in [0.5, 0.6) is 0 Å². The van der Waals surface area contributed by atoms with Gasteiger partial charge in [-0.1, -0.05) is 30.3 Å². The maximum absolute atomic E-state index is 12.0. The Balaban J connectivity index is 1.55. The molecule has 1 heterocycles. The van der Waals surface area contributed by atoms with Crippen LogP contribution in [0, 0.1) is 5.92 Å². The number of hydrogen-bond acceptors (Lipinski definition) is 3. The van der Waals surface area contributed by atoms with Gasteiger partial charge in [-0.3, -0.25) is 9.78 Å². The molecule has 0 aliphatic heterocycles. The molecule has 0 atom stereocenters. The van der Waals surface area contributed by atoms with E-state index in [4.69, 9.17) is 0 Å². The molecule has 2 aromatic rings. The van der Waals surface area contributed by atoms with Gasteiger partial charge in [-0.25, -0.2) is 4.79 Å². The summed E-state index contributed by atoms with van der Waals surface area (Å²) in [4.78, 5) is 28.0. The number of benzene rings is 1. The Morgan fingerprint density at radius 1 is 1.04 bits per heavy atom. The van der Waals surface area contributed by atoms with Crippen molar-refractivity contribution < 1.29 is 9.59 Å². The van der Waals surface area contributed by atoms with Gasteiger partial charge in [0.05, 0.1) is 17.9 Å². The minimum Gasteiger partial charge on any atom is -0.354 e. The topological polar surface area (TPSA) is 83.1 Å². The van der Waals surface area contributed by atoms with Gasteiger partial charge in [-0.2, -0.15) is 0 Å². The van der Waals surface area contributed by atoms with Gasteiger partial charge in [0.25, 0.3) is 0 Å². The quantitative estimate of drug-likeness (QED) is 0.763. The fourth-order valence-corrected chi connectivity index (χ4v) is 2.30. The van der Waals surface area contributed by atoms with Crippen LogP contribution in [-0.4, -0.2) is 30.0 Å². The van der Waals surface area contributed by atoms with Crippen LogP contribution in [-0.2, 0) is 4.79 Å². The third-order valence-corrected chi connectivity index (χ3v) is 3.80. The van der Waals surface area contributed by atoms with Gasteiger partial charge in [0.2, 0.25) is 5.91 Å². The molecule has 0 bridgehead atoms. The second kappa shape index (κ2) is 7.59. The monoisotopic (exact) mass is 324 g/mol. The number of carbonyl (C=O) groups is 2. The number of amides is 3. The first-order chi connectivity index (χ1) is 11.7. The second-order valence-corrected chi connectivity index (χ2v) is 5.82. The van der Waals surface area contributed by atoms with Crippen molar-refractivity contribution in [2.75, 3.05) is 18.4 Å². The maximum atomic E-state index is 12.0. The molecule has 3 N–H and O–H groups in total. The molecule has 1 fully saturated rings. The first kappa shape index (κ1) is 16.0. The smallest absolute Gasteiger partial charge is 0.319 e. The summed E-state index contributed by atoms with van der Waals surface area (Å²) in [5, 5.41) is 8.12. The van der Waals surface area contributed by atoms with Crippen LogP contribution in [0.4, 0.5) is 10.5 Å². The first-order valence-electron chi connectivity index (χ1n) is 8.04. The number of nitrogens with one attached hydrogen (secondary N) is 3. The van der Waals surface area contributed by atoms with Crippen molar-refractivity contribution in [1.82, 2.24) is 15.6 Å². The van der Waals surface area contributed by atoms with Crippen molar-refractivity contribution in [1.29, 1.82) is 0 Å². The van der Waals surface area contributed by atoms with Crippen LogP contribution >= 0.6 is 0 Å². The fraction of sp³-hybridized carbons (Fsp3) is 0.278. The summed E-state index contributed by atoms with van der Waals surface area (Å²) in [5.74, 6) is 0.443. The zero-order chi connectivity index (χ0) is 16.8. The Hall–Kier alpha value is -2.89. The highest BCUT2D eigenvalue weighted by molar-refractivity contribution is 5.95. The predicted octanol–water partition coefficient (Wildman–Crippen LogP) is 2.40. The zero-order valence-corrected chi connectivity index (χ0v) is 13.3. The molecule has 1 aromatic carbocycles. The van der Waals surface area contributed by atoms with E-state index in [1.807, 2.05) is 30.3 Å². The number of rotatable bonds is 6. The van der Waals surface area contributed by atoms with E-state index in [-0.39, 0.29) is 12.5 Å². The van der Waals surface area contributed by atoms with Crippen LogP contribution in [0.2, 0.25) is 0 Å². The third-order valence-electron chi connectivity index (χ3n) is 3.80. The Bertz CT molecular complexity index is 714. The van der Waals surface area contributed by atoms with E-state index in [0.717, 1.165) is 5.56 Å². The molecule has 0 unspecified atom stereocenters. The van der Waals surface area contributed by atoms with E-state index >= 15 is 0 Å².